The third-order valence-electron chi connectivity index (χ3n) is 1.99. The first kappa shape index (κ1) is 18.4. The maximum Gasteiger partial charge on any atom is 0.342 e. The summed E-state index contributed by atoms with van der Waals surface area (Å²) in [6.45, 7) is 13.9. The third kappa shape index (κ3) is 8.18. The molecule has 0 spiro atoms. The lowest BCUT2D eigenvalue weighted by molar-refractivity contribution is -0.397. The molecule has 0 saturated heterocycles. The molecule has 5 nitrogen and oxygen atoms in total. The Morgan fingerprint density at radius 3 is 1.79 bits per heavy atom. The van der Waals surface area contributed by atoms with E-state index in [1.54, 1.807) is 34.6 Å². The molecule has 0 radical (unpaired) electrons. The molecule has 1 N–H and O–H groups in total. The molecule has 0 saturated carbocycles. The molecule has 0 aliphatic heterocycles. The molecule has 114 valence electrons. The number of carbonyl (C=O) groups excluding carboxylic acids is 1. The molecule has 0 aromatic rings. The van der Waals surface area contributed by atoms with E-state index < -0.39 is 28.9 Å². The van der Waals surface area contributed by atoms with E-state index in [-0.39, 0.29) is 6.42 Å². The molecular weight excluding hydrogens is 248 g/mol. The lowest BCUT2D eigenvalue weighted by Gasteiger charge is -2.33. The van der Waals surface area contributed by atoms with E-state index in [0.29, 0.717) is 0 Å². The zero-order chi connectivity index (χ0) is 15.5. The first-order valence-electron chi connectivity index (χ1n) is 6.53. The summed E-state index contributed by atoms with van der Waals surface area (Å²) in [5.41, 5.74) is -2.52. The molecule has 5 heteroatoms. The highest BCUT2D eigenvalue weighted by Crippen LogP contribution is 2.25. The topological polar surface area (TPSA) is 65.0 Å². The van der Waals surface area contributed by atoms with Gasteiger partial charge in [0.05, 0.1) is 11.7 Å². The first-order valence-corrected chi connectivity index (χ1v) is 6.53. The number of esters is 1. The number of rotatable bonds is 5. The van der Waals surface area contributed by atoms with Crippen LogP contribution in [0.4, 0.5) is 0 Å². The SMILES string of the molecule is CC(O)CC(C)(OOC(C)(C)C)C(=O)OC(C)(C)C. The van der Waals surface area contributed by atoms with Crippen molar-refractivity contribution in [2.75, 3.05) is 0 Å². The molecule has 0 bridgehead atoms. The highest BCUT2D eigenvalue weighted by atomic mass is 17.2. The van der Waals surface area contributed by atoms with Crippen LogP contribution in [-0.2, 0) is 19.3 Å². The normalized spacial score (nSPS) is 17.7. The second-order valence-corrected chi connectivity index (χ2v) is 7.06. The number of aliphatic hydroxyl groups excluding tert-OH is 1. The van der Waals surface area contributed by atoms with Gasteiger partial charge in [0.15, 0.2) is 5.60 Å². The predicted molar refractivity (Wildman–Crippen MR) is 72.5 cm³/mol. The Hall–Kier alpha value is -0.650. The van der Waals surface area contributed by atoms with Crippen LogP contribution in [0.1, 0.15) is 61.8 Å². The minimum Gasteiger partial charge on any atom is -0.458 e. The van der Waals surface area contributed by atoms with E-state index >= 15 is 0 Å². The van der Waals surface area contributed by atoms with Gasteiger partial charge in [-0.25, -0.2) is 14.6 Å². The molecule has 0 aromatic heterocycles. The molecule has 0 aliphatic carbocycles. The summed E-state index contributed by atoms with van der Waals surface area (Å²) in [6, 6.07) is 0. The van der Waals surface area contributed by atoms with Crippen LogP contribution in [0.25, 0.3) is 0 Å². The fourth-order valence-corrected chi connectivity index (χ4v) is 1.32. The van der Waals surface area contributed by atoms with Gasteiger partial charge in [-0.15, -0.1) is 0 Å². The van der Waals surface area contributed by atoms with Crippen LogP contribution in [0.5, 0.6) is 0 Å². The van der Waals surface area contributed by atoms with Gasteiger partial charge in [0.25, 0.3) is 0 Å². The number of hydrogen-bond donors (Lipinski definition) is 1. The van der Waals surface area contributed by atoms with Crippen molar-refractivity contribution in [2.24, 2.45) is 0 Å². The number of ether oxygens (including phenoxy) is 1. The van der Waals surface area contributed by atoms with Crippen LogP contribution in [0.3, 0.4) is 0 Å². The summed E-state index contributed by atoms with van der Waals surface area (Å²) in [5, 5.41) is 9.52. The number of hydrogen-bond acceptors (Lipinski definition) is 5. The Labute approximate surface area is 116 Å². The van der Waals surface area contributed by atoms with E-state index in [1.165, 1.54) is 0 Å². The summed E-state index contributed by atoms with van der Waals surface area (Å²) in [7, 11) is 0. The molecule has 19 heavy (non-hydrogen) atoms. The third-order valence-corrected chi connectivity index (χ3v) is 1.99. The second-order valence-electron chi connectivity index (χ2n) is 7.06. The van der Waals surface area contributed by atoms with Gasteiger partial charge in [0.2, 0.25) is 0 Å². The molecule has 0 rings (SSSR count). The van der Waals surface area contributed by atoms with Gasteiger partial charge in [0.1, 0.15) is 5.60 Å². The zero-order valence-electron chi connectivity index (χ0n) is 13.4. The maximum atomic E-state index is 12.2. The van der Waals surface area contributed by atoms with Crippen LogP contribution in [0, 0.1) is 0 Å². The Morgan fingerprint density at radius 2 is 1.47 bits per heavy atom. The van der Waals surface area contributed by atoms with Gasteiger partial charge in [-0.05, 0) is 55.4 Å². The second kappa shape index (κ2) is 6.20. The minimum atomic E-state index is -1.34. The monoisotopic (exact) mass is 276 g/mol. The van der Waals surface area contributed by atoms with Crippen molar-refractivity contribution in [2.45, 2.75) is 84.7 Å². The van der Waals surface area contributed by atoms with E-state index in [2.05, 4.69) is 0 Å². The van der Waals surface area contributed by atoms with E-state index in [9.17, 15) is 9.90 Å². The van der Waals surface area contributed by atoms with Crippen molar-refractivity contribution in [3.63, 3.8) is 0 Å². The van der Waals surface area contributed by atoms with E-state index in [1.807, 2.05) is 20.8 Å². The van der Waals surface area contributed by atoms with Gasteiger partial charge in [-0.3, -0.25) is 0 Å². The number of aliphatic hydroxyl groups is 1. The largest absolute Gasteiger partial charge is 0.458 e. The van der Waals surface area contributed by atoms with Crippen LogP contribution < -0.4 is 0 Å². The molecule has 0 aliphatic rings. The highest BCUT2D eigenvalue weighted by molar-refractivity contribution is 5.79. The Morgan fingerprint density at radius 1 is 1.00 bits per heavy atom. The van der Waals surface area contributed by atoms with Crippen LogP contribution in [-0.4, -0.2) is 34.0 Å². The number of carbonyl (C=O) groups is 1. The molecule has 2 atom stereocenters. The van der Waals surface area contributed by atoms with Crippen molar-refractivity contribution in [1.29, 1.82) is 0 Å². The van der Waals surface area contributed by atoms with Crippen molar-refractivity contribution in [3.05, 3.63) is 0 Å². The van der Waals surface area contributed by atoms with Crippen molar-refractivity contribution in [1.82, 2.24) is 0 Å². The smallest absolute Gasteiger partial charge is 0.342 e. The van der Waals surface area contributed by atoms with Gasteiger partial charge in [0, 0.05) is 6.42 Å². The molecule has 0 aromatic carbocycles. The fourth-order valence-electron chi connectivity index (χ4n) is 1.32. The van der Waals surface area contributed by atoms with Crippen molar-refractivity contribution < 1.29 is 24.4 Å². The zero-order valence-corrected chi connectivity index (χ0v) is 13.4. The fraction of sp³-hybridized carbons (Fsp3) is 0.929. The average molecular weight is 276 g/mol. The van der Waals surface area contributed by atoms with E-state index in [0.717, 1.165) is 0 Å². The first-order chi connectivity index (χ1) is 8.25. The van der Waals surface area contributed by atoms with E-state index in [4.69, 9.17) is 14.5 Å². The standard InChI is InChI=1S/C14H28O5/c1-10(15)9-14(8,19-18-13(5,6)7)11(16)17-12(2,3)4/h10,15H,9H2,1-8H3. The Balaban J connectivity index is 4.91. The van der Waals surface area contributed by atoms with Crippen LogP contribution in [0.2, 0.25) is 0 Å². The lowest BCUT2D eigenvalue weighted by atomic mass is 9.99. The summed E-state index contributed by atoms with van der Waals surface area (Å²) < 4.78 is 5.31. The maximum absolute atomic E-state index is 12.2. The molecule has 0 heterocycles. The molecule has 0 amide bonds. The summed E-state index contributed by atoms with van der Waals surface area (Å²) in [6.07, 6.45) is -0.612. The molecular formula is C14H28O5. The molecule has 2 unspecified atom stereocenters. The summed E-state index contributed by atoms with van der Waals surface area (Å²) in [4.78, 5) is 22.7. The predicted octanol–water partition coefficient (Wildman–Crippen LogP) is 2.60. The summed E-state index contributed by atoms with van der Waals surface area (Å²) >= 11 is 0. The summed E-state index contributed by atoms with van der Waals surface area (Å²) in [5.74, 6) is -0.551. The Kier molecular flexibility index (Phi) is 5.99. The quantitative estimate of drug-likeness (QED) is 0.475. The minimum absolute atomic E-state index is 0.0952. The van der Waals surface area contributed by atoms with Crippen molar-refractivity contribution >= 4 is 5.97 Å². The van der Waals surface area contributed by atoms with Gasteiger partial charge in [-0.1, -0.05) is 0 Å². The average Bonchev–Trinajstić information content (AvgIpc) is 2.09. The molecule has 0 fully saturated rings. The Bertz CT molecular complexity index is 298. The lowest BCUT2D eigenvalue weighted by Crippen LogP contribution is -2.46. The van der Waals surface area contributed by atoms with Crippen LogP contribution >= 0.6 is 0 Å². The van der Waals surface area contributed by atoms with Gasteiger partial charge < -0.3 is 9.84 Å². The highest BCUT2D eigenvalue weighted by Gasteiger charge is 2.42. The van der Waals surface area contributed by atoms with Crippen molar-refractivity contribution in [3.8, 4) is 0 Å². The van der Waals surface area contributed by atoms with Crippen LogP contribution in [0.15, 0.2) is 0 Å². The van der Waals surface area contributed by atoms with Gasteiger partial charge in [-0.2, -0.15) is 0 Å². The van der Waals surface area contributed by atoms with Gasteiger partial charge >= 0.3 is 5.97 Å².